The van der Waals surface area contributed by atoms with E-state index in [1.807, 2.05) is 30.3 Å². The number of hydrogen-bond donors (Lipinski definition) is 2. The van der Waals surface area contributed by atoms with Crippen LogP contribution in [0.4, 0.5) is 0 Å². The van der Waals surface area contributed by atoms with E-state index < -0.39 is 0 Å². The average molecular weight is 204 g/mol. The van der Waals surface area contributed by atoms with Gasteiger partial charge in [-0.2, -0.15) is 0 Å². The van der Waals surface area contributed by atoms with Gasteiger partial charge in [-0.05, 0) is 24.4 Å². The minimum atomic E-state index is -0.0521. The van der Waals surface area contributed by atoms with Gasteiger partial charge in [0, 0.05) is 17.8 Å². The Kier molecular flexibility index (Phi) is 4.09. The Morgan fingerprint density at radius 2 is 1.93 bits per heavy atom. The van der Waals surface area contributed by atoms with Gasteiger partial charge in [0.2, 0.25) is 5.56 Å². The number of aromatic amines is 1. The molecule has 0 unspecified atom stereocenters. The number of nitrogens with one attached hydrogen (secondary N) is 1. The Morgan fingerprint density at radius 3 is 2.60 bits per heavy atom. The van der Waals surface area contributed by atoms with Crippen LogP contribution < -0.4 is 5.56 Å². The maximum Gasteiger partial charge on any atom is 0.248 e. The summed E-state index contributed by atoms with van der Waals surface area (Å²) in [5.41, 5.74) is 0.837. The Bertz CT molecular complexity index is 499. The van der Waals surface area contributed by atoms with Crippen LogP contribution in [0.1, 0.15) is 6.92 Å². The number of aromatic nitrogens is 1. The zero-order valence-electron chi connectivity index (χ0n) is 8.34. The number of para-hydroxylation sites is 1. The molecule has 1 heterocycles. The highest BCUT2D eigenvalue weighted by atomic mass is 16.4. The van der Waals surface area contributed by atoms with E-state index in [9.17, 15) is 4.79 Å². The minimum Gasteiger partial charge on any atom is -0.411 e. The number of benzene rings is 1. The first-order chi connectivity index (χ1) is 7.27. The molecule has 0 amide bonds. The number of pyridine rings is 1. The average Bonchev–Trinajstić information content (AvgIpc) is 2.29. The fourth-order valence-electron chi connectivity index (χ4n) is 1.10. The third kappa shape index (κ3) is 3.27. The SMILES string of the molecule is C/C=N/O.O=c1ccc2ccccc2[nH]1. The van der Waals surface area contributed by atoms with Gasteiger partial charge in [0.1, 0.15) is 0 Å². The molecule has 0 saturated heterocycles. The Balaban J connectivity index is 0.000000245. The molecule has 0 saturated carbocycles. The summed E-state index contributed by atoms with van der Waals surface area (Å²) < 4.78 is 0. The summed E-state index contributed by atoms with van der Waals surface area (Å²) >= 11 is 0. The Labute approximate surface area is 86.9 Å². The van der Waals surface area contributed by atoms with Crippen molar-refractivity contribution in [1.29, 1.82) is 0 Å². The van der Waals surface area contributed by atoms with Crippen LogP contribution in [0, 0.1) is 0 Å². The zero-order chi connectivity index (χ0) is 11.1. The van der Waals surface area contributed by atoms with E-state index in [0.717, 1.165) is 10.9 Å². The second kappa shape index (κ2) is 5.59. The summed E-state index contributed by atoms with van der Waals surface area (Å²) in [6, 6.07) is 11.0. The normalized spacial score (nSPS) is 9.93. The first-order valence-electron chi connectivity index (χ1n) is 4.48. The van der Waals surface area contributed by atoms with Crippen LogP contribution in [0.3, 0.4) is 0 Å². The summed E-state index contributed by atoms with van der Waals surface area (Å²) in [5, 5.41) is 11.1. The molecule has 0 aliphatic carbocycles. The largest absolute Gasteiger partial charge is 0.411 e. The number of rotatable bonds is 0. The lowest BCUT2D eigenvalue weighted by Gasteiger charge is -1.93. The lowest BCUT2D eigenvalue weighted by molar-refractivity contribution is 0.321. The highest BCUT2D eigenvalue weighted by molar-refractivity contribution is 5.77. The van der Waals surface area contributed by atoms with Crippen molar-refractivity contribution in [2.24, 2.45) is 5.16 Å². The van der Waals surface area contributed by atoms with Crippen molar-refractivity contribution in [2.45, 2.75) is 6.92 Å². The van der Waals surface area contributed by atoms with Crippen LogP contribution in [0.5, 0.6) is 0 Å². The molecule has 1 aromatic carbocycles. The van der Waals surface area contributed by atoms with Gasteiger partial charge in [0.05, 0.1) is 0 Å². The zero-order valence-corrected chi connectivity index (χ0v) is 8.34. The molecule has 0 fully saturated rings. The van der Waals surface area contributed by atoms with E-state index in [1.54, 1.807) is 6.92 Å². The van der Waals surface area contributed by atoms with Gasteiger partial charge in [0.15, 0.2) is 0 Å². The molecule has 4 heteroatoms. The van der Waals surface area contributed by atoms with Gasteiger partial charge in [-0.25, -0.2) is 0 Å². The molecular weight excluding hydrogens is 192 g/mol. The molecule has 0 atom stereocenters. The summed E-state index contributed by atoms with van der Waals surface area (Å²) in [4.78, 5) is 13.6. The second-order valence-electron chi connectivity index (χ2n) is 2.78. The fraction of sp³-hybridized carbons (Fsp3) is 0.0909. The molecule has 1 aromatic heterocycles. The third-order valence-electron chi connectivity index (χ3n) is 1.75. The van der Waals surface area contributed by atoms with Gasteiger partial charge < -0.3 is 10.2 Å². The van der Waals surface area contributed by atoms with Gasteiger partial charge in [-0.3, -0.25) is 4.79 Å². The van der Waals surface area contributed by atoms with Crippen LogP contribution in [0.25, 0.3) is 10.9 Å². The van der Waals surface area contributed by atoms with Crippen molar-refractivity contribution < 1.29 is 5.21 Å². The number of nitrogens with zero attached hydrogens (tertiary/aromatic N) is 1. The van der Waals surface area contributed by atoms with Gasteiger partial charge in [-0.1, -0.05) is 18.2 Å². The molecule has 0 aliphatic heterocycles. The van der Waals surface area contributed by atoms with Crippen molar-refractivity contribution in [2.75, 3.05) is 0 Å². The maximum absolute atomic E-state index is 10.8. The lowest BCUT2D eigenvalue weighted by atomic mass is 10.2. The van der Waals surface area contributed by atoms with Crippen LogP contribution in [-0.4, -0.2) is 16.4 Å². The van der Waals surface area contributed by atoms with Crippen LogP contribution in [0.15, 0.2) is 46.3 Å². The highest BCUT2D eigenvalue weighted by Gasteiger charge is 1.89. The van der Waals surface area contributed by atoms with E-state index in [1.165, 1.54) is 12.3 Å². The van der Waals surface area contributed by atoms with Crippen LogP contribution in [-0.2, 0) is 0 Å². The molecule has 0 spiro atoms. The predicted octanol–water partition coefficient (Wildman–Crippen LogP) is 1.99. The second-order valence-corrected chi connectivity index (χ2v) is 2.78. The molecule has 15 heavy (non-hydrogen) atoms. The smallest absolute Gasteiger partial charge is 0.248 e. The van der Waals surface area contributed by atoms with E-state index in [0.29, 0.717) is 0 Å². The molecular formula is C11H12N2O2. The van der Waals surface area contributed by atoms with Crippen molar-refractivity contribution in [3.05, 3.63) is 46.8 Å². The van der Waals surface area contributed by atoms with Crippen molar-refractivity contribution in [1.82, 2.24) is 4.98 Å². The number of oxime groups is 1. The Hall–Kier alpha value is -2.10. The monoisotopic (exact) mass is 204 g/mol. The molecule has 4 nitrogen and oxygen atoms in total. The molecule has 78 valence electrons. The molecule has 0 radical (unpaired) electrons. The summed E-state index contributed by atoms with van der Waals surface area (Å²) in [6.07, 6.45) is 1.31. The van der Waals surface area contributed by atoms with Gasteiger partial charge >= 0.3 is 0 Å². The summed E-state index contributed by atoms with van der Waals surface area (Å²) in [7, 11) is 0. The standard InChI is InChI=1S/C9H7NO.C2H5NO/c11-9-6-5-7-3-1-2-4-8(7)10-9;1-2-3-4/h1-6H,(H,10,11);2,4H,1H3/b;3-2+. The van der Waals surface area contributed by atoms with Crippen molar-refractivity contribution in [3.63, 3.8) is 0 Å². The molecule has 0 bridgehead atoms. The molecule has 2 N–H and O–H groups in total. The molecule has 2 rings (SSSR count). The van der Waals surface area contributed by atoms with E-state index in [2.05, 4.69) is 10.1 Å². The topological polar surface area (TPSA) is 65.5 Å². The highest BCUT2D eigenvalue weighted by Crippen LogP contribution is 2.06. The number of fused-ring (bicyclic) bond motifs is 1. The predicted molar refractivity (Wildman–Crippen MR) is 60.5 cm³/mol. The third-order valence-corrected chi connectivity index (χ3v) is 1.75. The van der Waals surface area contributed by atoms with Crippen molar-refractivity contribution in [3.8, 4) is 0 Å². The minimum absolute atomic E-state index is 0.0521. The lowest BCUT2D eigenvalue weighted by Crippen LogP contribution is -2.01. The molecule has 0 aliphatic rings. The summed E-state index contributed by atoms with van der Waals surface area (Å²) in [6.45, 7) is 1.64. The van der Waals surface area contributed by atoms with E-state index >= 15 is 0 Å². The Morgan fingerprint density at radius 1 is 1.27 bits per heavy atom. The molecule has 2 aromatic rings. The summed E-state index contributed by atoms with van der Waals surface area (Å²) in [5.74, 6) is 0. The van der Waals surface area contributed by atoms with Gasteiger partial charge in [-0.15, -0.1) is 5.16 Å². The first kappa shape index (κ1) is 11.0. The van der Waals surface area contributed by atoms with E-state index in [-0.39, 0.29) is 5.56 Å². The fourth-order valence-corrected chi connectivity index (χ4v) is 1.10. The van der Waals surface area contributed by atoms with E-state index in [4.69, 9.17) is 5.21 Å². The maximum atomic E-state index is 10.8. The van der Waals surface area contributed by atoms with Crippen LogP contribution >= 0.6 is 0 Å². The number of hydrogen-bond acceptors (Lipinski definition) is 3. The van der Waals surface area contributed by atoms with Crippen molar-refractivity contribution >= 4 is 17.1 Å². The quantitative estimate of drug-likeness (QED) is 0.391. The first-order valence-corrected chi connectivity index (χ1v) is 4.48. The van der Waals surface area contributed by atoms with Crippen LogP contribution in [0.2, 0.25) is 0 Å². The number of H-pyrrole nitrogens is 1. The van der Waals surface area contributed by atoms with Gasteiger partial charge in [0.25, 0.3) is 0 Å².